The van der Waals surface area contributed by atoms with Gasteiger partial charge in [0.15, 0.2) is 11.6 Å². The third-order valence-electron chi connectivity index (χ3n) is 2.13. The number of benzene rings is 1. The summed E-state index contributed by atoms with van der Waals surface area (Å²) in [6, 6.07) is 0. The molecule has 0 radical (unpaired) electrons. The molecule has 0 bridgehead atoms. The van der Waals surface area contributed by atoms with E-state index in [1.54, 1.807) is 13.8 Å². The predicted octanol–water partition coefficient (Wildman–Crippen LogP) is 3.76. The van der Waals surface area contributed by atoms with Crippen LogP contribution in [-0.4, -0.2) is 5.11 Å². The van der Waals surface area contributed by atoms with Crippen molar-refractivity contribution in [2.45, 2.75) is 26.7 Å². The van der Waals surface area contributed by atoms with Gasteiger partial charge in [0.25, 0.3) is 0 Å². The summed E-state index contributed by atoms with van der Waals surface area (Å²) in [5, 5.41) is 9.12. The fourth-order valence-corrected chi connectivity index (χ4v) is 1.49. The molecule has 0 spiro atoms. The summed E-state index contributed by atoms with van der Waals surface area (Å²) in [5.74, 6) is -2.54. The molecule has 0 fully saturated rings. The molecule has 0 saturated heterocycles. The van der Waals surface area contributed by atoms with E-state index in [0.29, 0.717) is 0 Å². The van der Waals surface area contributed by atoms with Crippen LogP contribution in [0, 0.1) is 18.6 Å². The molecule has 0 saturated carbocycles. The first-order valence-electron chi connectivity index (χ1n) is 4.23. The number of phenolic OH excluding ortho intramolecular Hbond substituents is 1. The zero-order valence-electron chi connectivity index (χ0n) is 8.16. The smallest absolute Gasteiger partial charge is 0.169 e. The summed E-state index contributed by atoms with van der Waals surface area (Å²) in [4.78, 5) is 0. The topological polar surface area (TPSA) is 20.2 Å². The third kappa shape index (κ3) is 1.57. The van der Waals surface area contributed by atoms with Crippen LogP contribution in [0.4, 0.5) is 8.78 Å². The highest BCUT2D eigenvalue weighted by Gasteiger charge is 2.22. The zero-order valence-corrected chi connectivity index (χ0v) is 8.91. The first-order valence-corrected chi connectivity index (χ1v) is 4.61. The van der Waals surface area contributed by atoms with Crippen molar-refractivity contribution in [1.29, 1.82) is 0 Å². The fourth-order valence-electron chi connectivity index (χ4n) is 1.31. The molecule has 0 unspecified atom stereocenters. The molecular weight excluding hydrogens is 210 g/mol. The van der Waals surface area contributed by atoms with E-state index < -0.39 is 17.4 Å². The van der Waals surface area contributed by atoms with Crippen LogP contribution in [0.25, 0.3) is 0 Å². The Morgan fingerprint density at radius 1 is 1.21 bits per heavy atom. The summed E-state index contributed by atoms with van der Waals surface area (Å²) < 4.78 is 26.8. The normalized spacial score (nSPS) is 11.1. The van der Waals surface area contributed by atoms with Gasteiger partial charge in [-0.3, -0.25) is 0 Å². The van der Waals surface area contributed by atoms with E-state index in [-0.39, 0.29) is 22.1 Å². The highest BCUT2D eigenvalue weighted by Crippen LogP contribution is 2.37. The second-order valence-corrected chi connectivity index (χ2v) is 3.86. The molecule has 0 aliphatic rings. The predicted molar refractivity (Wildman–Crippen MR) is 51.9 cm³/mol. The second-order valence-electron chi connectivity index (χ2n) is 3.48. The van der Waals surface area contributed by atoms with E-state index in [2.05, 4.69) is 0 Å². The van der Waals surface area contributed by atoms with Crippen LogP contribution in [0.15, 0.2) is 0 Å². The largest absolute Gasteiger partial charge is 0.505 e. The van der Waals surface area contributed by atoms with Crippen molar-refractivity contribution in [3.05, 3.63) is 27.8 Å². The van der Waals surface area contributed by atoms with Crippen molar-refractivity contribution in [2.24, 2.45) is 0 Å². The maximum absolute atomic E-state index is 13.5. The lowest BCUT2D eigenvalue weighted by Gasteiger charge is -2.13. The Kier molecular flexibility index (Phi) is 3.00. The molecule has 0 amide bonds. The Balaban J connectivity index is 3.60. The van der Waals surface area contributed by atoms with Crippen LogP contribution in [0.1, 0.15) is 30.9 Å². The molecule has 0 aliphatic carbocycles. The number of aromatic hydroxyl groups is 1. The summed E-state index contributed by atoms with van der Waals surface area (Å²) in [6.07, 6.45) is 0. The highest BCUT2D eigenvalue weighted by molar-refractivity contribution is 6.31. The number of phenols is 1. The average Bonchev–Trinajstić information content (AvgIpc) is 2.11. The summed E-state index contributed by atoms with van der Waals surface area (Å²) in [7, 11) is 0. The minimum Gasteiger partial charge on any atom is -0.505 e. The molecule has 0 aliphatic heterocycles. The quantitative estimate of drug-likeness (QED) is 0.715. The SMILES string of the molecule is Cc1c(F)c(O)c(C(C)C)c(F)c1Cl. The molecule has 1 nitrogen and oxygen atoms in total. The Labute approximate surface area is 86.3 Å². The van der Waals surface area contributed by atoms with Gasteiger partial charge in [0, 0.05) is 11.1 Å². The summed E-state index contributed by atoms with van der Waals surface area (Å²) in [6.45, 7) is 4.64. The van der Waals surface area contributed by atoms with Gasteiger partial charge in [0.2, 0.25) is 0 Å². The summed E-state index contributed by atoms with van der Waals surface area (Å²) in [5.41, 5.74) is -0.135. The lowest BCUT2D eigenvalue weighted by Crippen LogP contribution is -2.00. The van der Waals surface area contributed by atoms with Crippen LogP contribution in [-0.2, 0) is 0 Å². The number of rotatable bonds is 1. The lowest BCUT2D eigenvalue weighted by atomic mass is 9.99. The van der Waals surface area contributed by atoms with Gasteiger partial charge in [-0.1, -0.05) is 25.4 Å². The number of hydrogen-bond donors (Lipinski definition) is 1. The molecule has 78 valence electrons. The summed E-state index contributed by atoms with van der Waals surface area (Å²) >= 11 is 5.58. The van der Waals surface area contributed by atoms with Crippen molar-refractivity contribution < 1.29 is 13.9 Å². The van der Waals surface area contributed by atoms with E-state index >= 15 is 0 Å². The molecule has 1 N–H and O–H groups in total. The molecule has 1 rings (SSSR count). The van der Waals surface area contributed by atoms with Crippen molar-refractivity contribution in [3.8, 4) is 5.75 Å². The van der Waals surface area contributed by atoms with Gasteiger partial charge in [0.1, 0.15) is 5.82 Å². The Morgan fingerprint density at radius 2 is 1.71 bits per heavy atom. The van der Waals surface area contributed by atoms with E-state index in [1.165, 1.54) is 6.92 Å². The van der Waals surface area contributed by atoms with E-state index in [9.17, 15) is 13.9 Å². The van der Waals surface area contributed by atoms with E-state index in [4.69, 9.17) is 11.6 Å². The number of halogens is 3. The Morgan fingerprint density at radius 3 is 2.14 bits per heavy atom. The number of hydrogen-bond acceptors (Lipinski definition) is 1. The molecule has 1 aromatic carbocycles. The first kappa shape index (κ1) is 11.2. The van der Waals surface area contributed by atoms with Gasteiger partial charge in [-0.25, -0.2) is 8.78 Å². The van der Waals surface area contributed by atoms with Gasteiger partial charge < -0.3 is 5.11 Å². The Bertz CT molecular complexity index is 346. The zero-order chi connectivity index (χ0) is 11.0. The fraction of sp³-hybridized carbons (Fsp3) is 0.400. The maximum Gasteiger partial charge on any atom is 0.169 e. The van der Waals surface area contributed by atoms with Crippen LogP contribution in [0.3, 0.4) is 0 Å². The minimum absolute atomic E-state index is 0.0638. The van der Waals surface area contributed by atoms with Gasteiger partial charge in [-0.05, 0) is 12.8 Å². The van der Waals surface area contributed by atoms with E-state index in [1.807, 2.05) is 0 Å². The molecule has 4 heteroatoms. The molecule has 0 atom stereocenters. The molecule has 0 heterocycles. The van der Waals surface area contributed by atoms with Crippen molar-refractivity contribution in [2.75, 3.05) is 0 Å². The molecule has 14 heavy (non-hydrogen) atoms. The maximum atomic E-state index is 13.5. The molecule has 0 aromatic heterocycles. The Hall–Kier alpha value is -0.830. The van der Waals surface area contributed by atoms with Crippen LogP contribution >= 0.6 is 11.6 Å². The monoisotopic (exact) mass is 220 g/mol. The van der Waals surface area contributed by atoms with Crippen molar-refractivity contribution in [3.63, 3.8) is 0 Å². The van der Waals surface area contributed by atoms with E-state index in [0.717, 1.165) is 0 Å². The van der Waals surface area contributed by atoms with Gasteiger partial charge >= 0.3 is 0 Å². The second kappa shape index (κ2) is 3.73. The van der Waals surface area contributed by atoms with Crippen LogP contribution < -0.4 is 0 Å². The van der Waals surface area contributed by atoms with Crippen molar-refractivity contribution >= 4 is 11.6 Å². The van der Waals surface area contributed by atoms with Gasteiger partial charge in [0.05, 0.1) is 5.02 Å². The van der Waals surface area contributed by atoms with Crippen LogP contribution in [0.5, 0.6) is 5.75 Å². The van der Waals surface area contributed by atoms with Crippen molar-refractivity contribution in [1.82, 2.24) is 0 Å². The molecule has 1 aromatic rings. The highest BCUT2D eigenvalue weighted by atomic mass is 35.5. The van der Waals surface area contributed by atoms with Crippen LogP contribution in [0.2, 0.25) is 5.02 Å². The first-order chi connectivity index (χ1) is 6.37. The minimum atomic E-state index is -0.847. The van der Waals surface area contributed by atoms with Gasteiger partial charge in [-0.2, -0.15) is 0 Å². The van der Waals surface area contributed by atoms with Gasteiger partial charge in [-0.15, -0.1) is 0 Å². The third-order valence-corrected chi connectivity index (χ3v) is 2.58. The lowest BCUT2D eigenvalue weighted by molar-refractivity contribution is 0.411. The molecular formula is C10H11ClF2O. The average molecular weight is 221 g/mol. The standard InChI is InChI=1S/C10H11ClF2O/c1-4(2)6-9(13)7(11)5(3)8(12)10(6)14/h4,14H,1-3H3.